The van der Waals surface area contributed by atoms with E-state index < -0.39 is 0 Å². The highest BCUT2D eigenvalue weighted by Gasteiger charge is 2.66. The van der Waals surface area contributed by atoms with Crippen LogP contribution in [0.25, 0.3) is 0 Å². The van der Waals surface area contributed by atoms with Crippen molar-refractivity contribution in [1.82, 2.24) is 5.32 Å². The maximum absolute atomic E-state index is 12.7. The first-order chi connectivity index (χ1) is 16.6. The SMILES string of the molecule is CC1=C(O)C(=O)C=C2C1=CC=C1[C@@]2(C)CC[C@@]2(C)[C@@H]3C[C@](C)(NC(=O)C(C)C)CCC3(C)CC[C@]12C. The minimum atomic E-state index is -0.263. The van der Waals surface area contributed by atoms with Crippen LogP contribution < -0.4 is 5.32 Å². The Morgan fingerprint density at radius 2 is 1.67 bits per heavy atom. The first kappa shape index (κ1) is 25.5. The van der Waals surface area contributed by atoms with Crippen LogP contribution in [0.4, 0.5) is 0 Å². The molecule has 36 heavy (non-hydrogen) atoms. The van der Waals surface area contributed by atoms with Crippen molar-refractivity contribution in [2.75, 3.05) is 0 Å². The Labute approximate surface area is 217 Å². The highest BCUT2D eigenvalue weighted by atomic mass is 16.3. The molecule has 4 nitrogen and oxygen atoms in total. The van der Waals surface area contributed by atoms with Crippen LogP contribution in [0.3, 0.4) is 0 Å². The van der Waals surface area contributed by atoms with Gasteiger partial charge in [-0.15, -0.1) is 0 Å². The van der Waals surface area contributed by atoms with Crippen molar-refractivity contribution in [2.24, 2.45) is 33.5 Å². The van der Waals surface area contributed by atoms with E-state index in [2.05, 4.69) is 52.1 Å². The van der Waals surface area contributed by atoms with Crippen molar-refractivity contribution < 1.29 is 14.7 Å². The summed E-state index contributed by atoms with van der Waals surface area (Å²) in [4.78, 5) is 25.4. The average Bonchev–Trinajstić information content (AvgIpc) is 2.81. The van der Waals surface area contributed by atoms with Gasteiger partial charge in [0.2, 0.25) is 11.7 Å². The number of nitrogens with one attached hydrogen (secondary N) is 1. The molecular formula is C32H45NO3. The maximum atomic E-state index is 12.7. The maximum Gasteiger partial charge on any atom is 0.222 e. The van der Waals surface area contributed by atoms with E-state index in [0.29, 0.717) is 11.5 Å². The number of amides is 1. The standard InChI is InChI=1S/C32H45NO3/c1-19(2)27(36)33-29(5)13-11-28(4)12-15-31(7)24-10-9-21-20(3)26(35)23(34)17-22(21)30(24,6)14-16-32(31,8)25(28)18-29/h9-10,17,19,25,35H,11-16,18H2,1-8H3,(H,33,36)/t25-,28?,29-,30+,31-,32+/m1/s1. The topological polar surface area (TPSA) is 66.4 Å². The quantitative estimate of drug-likeness (QED) is 0.431. The molecule has 0 bridgehead atoms. The lowest BCUT2D eigenvalue weighted by Crippen LogP contribution is -2.64. The summed E-state index contributed by atoms with van der Waals surface area (Å²) in [6.07, 6.45) is 13.9. The monoisotopic (exact) mass is 491 g/mol. The van der Waals surface area contributed by atoms with E-state index >= 15 is 0 Å². The number of allylic oxidation sites excluding steroid dienone is 7. The number of fused-ring (bicyclic) bond motifs is 7. The van der Waals surface area contributed by atoms with Gasteiger partial charge in [0.15, 0.2) is 5.76 Å². The molecule has 2 N–H and O–H groups in total. The van der Waals surface area contributed by atoms with Crippen molar-refractivity contribution in [1.29, 1.82) is 0 Å². The number of aliphatic hydroxyl groups is 1. The molecule has 1 unspecified atom stereocenters. The van der Waals surface area contributed by atoms with Gasteiger partial charge in [0.1, 0.15) is 0 Å². The van der Waals surface area contributed by atoms with Crippen LogP contribution in [0.5, 0.6) is 0 Å². The van der Waals surface area contributed by atoms with E-state index in [9.17, 15) is 14.7 Å². The van der Waals surface area contributed by atoms with Gasteiger partial charge in [-0.05, 0) is 98.2 Å². The first-order valence-corrected chi connectivity index (χ1v) is 14.0. The van der Waals surface area contributed by atoms with E-state index in [1.165, 1.54) is 12.0 Å². The summed E-state index contributed by atoms with van der Waals surface area (Å²) >= 11 is 0. The smallest absolute Gasteiger partial charge is 0.222 e. The first-order valence-electron chi connectivity index (χ1n) is 14.0. The number of hydrogen-bond donors (Lipinski definition) is 2. The summed E-state index contributed by atoms with van der Waals surface area (Å²) in [6, 6.07) is 0. The van der Waals surface area contributed by atoms with Crippen LogP contribution in [-0.2, 0) is 9.59 Å². The molecule has 4 heteroatoms. The van der Waals surface area contributed by atoms with Gasteiger partial charge in [-0.3, -0.25) is 9.59 Å². The minimum absolute atomic E-state index is 0.00506. The fraction of sp³-hybridized carbons (Fsp3) is 0.688. The lowest BCUT2D eigenvalue weighted by molar-refractivity contribution is -0.156. The summed E-state index contributed by atoms with van der Waals surface area (Å²) in [5.41, 5.74) is 4.30. The van der Waals surface area contributed by atoms with Crippen molar-refractivity contribution in [3.63, 3.8) is 0 Å². The Morgan fingerprint density at radius 3 is 2.33 bits per heavy atom. The Hall–Kier alpha value is -2.10. The third-order valence-corrected chi connectivity index (χ3v) is 11.8. The second-order valence-electron chi connectivity index (χ2n) is 14.3. The van der Waals surface area contributed by atoms with Crippen LogP contribution in [0.15, 0.2) is 46.3 Å². The molecule has 3 saturated carbocycles. The zero-order chi connectivity index (χ0) is 26.5. The number of ketones is 1. The van der Waals surface area contributed by atoms with Gasteiger partial charge in [-0.1, -0.05) is 59.3 Å². The summed E-state index contributed by atoms with van der Waals surface area (Å²) in [5, 5.41) is 13.8. The van der Waals surface area contributed by atoms with E-state index in [0.717, 1.165) is 49.7 Å². The van der Waals surface area contributed by atoms with Gasteiger partial charge in [0.25, 0.3) is 0 Å². The number of rotatable bonds is 2. The third-order valence-electron chi connectivity index (χ3n) is 11.8. The largest absolute Gasteiger partial charge is 0.504 e. The predicted molar refractivity (Wildman–Crippen MR) is 144 cm³/mol. The Balaban J connectivity index is 1.57. The number of aliphatic hydroxyl groups excluding tert-OH is 1. The van der Waals surface area contributed by atoms with Crippen molar-refractivity contribution >= 4 is 11.7 Å². The summed E-state index contributed by atoms with van der Waals surface area (Å²) in [6.45, 7) is 17.9. The van der Waals surface area contributed by atoms with E-state index in [4.69, 9.17) is 0 Å². The average molecular weight is 492 g/mol. The molecule has 5 rings (SSSR count). The lowest BCUT2D eigenvalue weighted by atomic mass is 9.35. The van der Waals surface area contributed by atoms with Gasteiger partial charge in [-0.25, -0.2) is 0 Å². The van der Waals surface area contributed by atoms with Crippen LogP contribution >= 0.6 is 0 Å². The van der Waals surface area contributed by atoms with Crippen LogP contribution in [0.1, 0.15) is 100 Å². The van der Waals surface area contributed by atoms with Gasteiger partial charge < -0.3 is 10.4 Å². The van der Waals surface area contributed by atoms with Crippen LogP contribution in [-0.4, -0.2) is 22.3 Å². The molecule has 0 aromatic heterocycles. The lowest BCUT2D eigenvalue weighted by Gasteiger charge is -2.70. The fourth-order valence-electron chi connectivity index (χ4n) is 9.01. The third kappa shape index (κ3) is 3.24. The molecule has 0 radical (unpaired) electrons. The second-order valence-corrected chi connectivity index (χ2v) is 14.3. The van der Waals surface area contributed by atoms with Gasteiger partial charge in [-0.2, -0.15) is 0 Å². The van der Waals surface area contributed by atoms with Gasteiger partial charge in [0, 0.05) is 22.4 Å². The van der Waals surface area contributed by atoms with Crippen molar-refractivity contribution in [3.05, 3.63) is 46.3 Å². The molecule has 0 aliphatic heterocycles. The van der Waals surface area contributed by atoms with E-state index in [-0.39, 0.29) is 50.6 Å². The highest BCUT2D eigenvalue weighted by molar-refractivity contribution is 6.06. The van der Waals surface area contributed by atoms with Crippen molar-refractivity contribution in [2.45, 2.75) is 106 Å². The molecule has 3 fully saturated rings. The van der Waals surface area contributed by atoms with E-state index in [1.807, 2.05) is 20.8 Å². The fourth-order valence-corrected chi connectivity index (χ4v) is 9.01. The Morgan fingerprint density at radius 1 is 1.00 bits per heavy atom. The molecular weight excluding hydrogens is 446 g/mol. The minimum Gasteiger partial charge on any atom is -0.504 e. The molecule has 0 aromatic rings. The molecule has 0 heterocycles. The summed E-state index contributed by atoms with van der Waals surface area (Å²) in [5.74, 6) is 0.290. The highest BCUT2D eigenvalue weighted by Crippen LogP contribution is 2.75. The number of carbonyl (C=O) groups is 2. The zero-order valence-corrected chi connectivity index (χ0v) is 23.6. The van der Waals surface area contributed by atoms with Crippen molar-refractivity contribution in [3.8, 4) is 0 Å². The Bertz CT molecular complexity index is 1170. The number of hydrogen-bond acceptors (Lipinski definition) is 3. The second kappa shape index (κ2) is 7.71. The summed E-state index contributed by atoms with van der Waals surface area (Å²) < 4.78 is 0. The molecule has 1 amide bonds. The van der Waals surface area contributed by atoms with Gasteiger partial charge in [0.05, 0.1) is 0 Å². The van der Waals surface area contributed by atoms with Gasteiger partial charge >= 0.3 is 0 Å². The molecule has 5 aliphatic rings. The predicted octanol–water partition coefficient (Wildman–Crippen LogP) is 7.14. The molecule has 0 aromatic carbocycles. The zero-order valence-electron chi connectivity index (χ0n) is 23.6. The Kier molecular flexibility index (Phi) is 5.47. The number of carbonyl (C=O) groups excluding carboxylic acids is 2. The summed E-state index contributed by atoms with van der Waals surface area (Å²) in [7, 11) is 0. The molecule has 5 aliphatic carbocycles. The molecule has 196 valence electrons. The molecule has 0 saturated heterocycles. The normalized spacial score (nSPS) is 44.0. The van der Waals surface area contributed by atoms with Crippen LogP contribution in [0.2, 0.25) is 0 Å². The van der Waals surface area contributed by atoms with Crippen LogP contribution in [0, 0.1) is 33.5 Å². The van der Waals surface area contributed by atoms with E-state index in [1.54, 1.807) is 6.08 Å². The molecule has 0 spiro atoms. The molecule has 6 atom stereocenters.